The number of ether oxygens (including phenoxy) is 2. The highest BCUT2D eigenvalue weighted by Crippen LogP contribution is 2.33. The second-order valence-corrected chi connectivity index (χ2v) is 8.07. The van der Waals surface area contributed by atoms with Crippen molar-refractivity contribution in [2.75, 3.05) is 11.5 Å². The number of hydrogen-bond donors (Lipinski definition) is 2. The van der Waals surface area contributed by atoms with Crippen LogP contribution in [-0.2, 0) is 9.59 Å². The number of aromatic hydroxyl groups is 1. The Bertz CT molecular complexity index is 1110. The molecular formula is C22H21F2N3O5S. The van der Waals surface area contributed by atoms with Crippen LogP contribution in [0.15, 0.2) is 53.2 Å². The second-order valence-electron chi connectivity index (χ2n) is 6.76. The molecule has 3 rings (SSSR count). The van der Waals surface area contributed by atoms with Crippen molar-refractivity contribution in [3.8, 4) is 17.2 Å². The molecule has 0 radical (unpaired) electrons. The third-order valence-corrected chi connectivity index (χ3v) is 5.49. The van der Waals surface area contributed by atoms with Crippen LogP contribution in [0.25, 0.3) is 6.08 Å². The van der Waals surface area contributed by atoms with E-state index in [-0.39, 0.29) is 28.1 Å². The quantitative estimate of drug-likeness (QED) is 0.560. The van der Waals surface area contributed by atoms with Crippen LogP contribution in [0.3, 0.4) is 0 Å². The summed E-state index contributed by atoms with van der Waals surface area (Å²) in [6.45, 7) is 0.715. The first-order valence-corrected chi connectivity index (χ1v) is 10.7. The van der Waals surface area contributed by atoms with Gasteiger partial charge in [0.2, 0.25) is 5.91 Å². The zero-order valence-corrected chi connectivity index (χ0v) is 18.5. The Labute approximate surface area is 192 Å². The summed E-state index contributed by atoms with van der Waals surface area (Å²) >= 11 is 0.989. The van der Waals surface area contributed by atoms with E-state index in [4.69, 9.17) is 10.5 Å². The fourth-order valence-electron chi connectivity index (χ4n) is 2.85. The van der Waals surface area contributed by atoms with Crippen LogP contribution in [0.4, 0.5) is 14.5 Å². The monoisotopic (exact) mass is 477 g/mol. The first-order valence-electron chi connectivity index (χ1n) is 9.81. The molecule has 0 aliphatic carbocycles. The topological polar surface area (TPSA) is 114 Å². The van der Waals surface area contributed by atoms with E-state index in [1.165, 1.54) is 41.3 Å². The molecule has 1 heterocycles. The number of primary amides is 1. The zero-order valence-electron chi connectivity index (χ0n) is 17.7. The number of carbonyl (C=O) groups excluding carboxylic acids is 2. The number of rotatable bonds is 8. The van der Waals surface area contributed by atoms with E-state index in [9.17, 15) is 23.5 Å². The summed E-state index contributed by atoms with van der Waals surface area (Å²) in [5, 5.41) is 9.40. The maximum Gasteiger partial charge on any atom is 0.387 e. The number of thioether (sulfide) groups is 1. The van der Waals surface area contributed by atoms with Gasteiger partial charge in [0.25, 0.3) is 5.91 Å². The minimum Gasteiger partial charge on any atom is -0.504 e. The van der Waals surface area contributed by atoms with Gasteiger partial charge in [-0.1, -0.05) is 17.8 Å². The number of alkyl halides is 2. The number of halogens is 2. The predicted molar refractivity (Wildman–Crippen MR) is 121 cm³/mol. The Morgan fingerprint density at radius 3 is 2.58 bits per heavy atom. The van der Waals surface area contributed by atoms with Gasteiger partial charge in [0, 0.05) is 0 Å². The highest BCUT2D eigenvalue weighted by molar-refractivity contribution is 8.15. The number of hydrogen-bond acceptors (Lipinski definition) is 7. The number of carbonyl (C=O) groups is 2. The number of amidine groups is 1. The summed E-state index contributed by atoms with van der Waals surface area (Å²) in [6, 6.07) is 10.0. The van der Waals surface area contributed by atoms with Crippen LogP contribution >= 0.6 is 11.8 Å². The minimum atomic E-state index is -2.98. The molecular weight excluding hydrogens is 456 g/mol. The molecule has 0 bridgehead atoms. The maximum atomic E-state index is 13.2. The summed E-state index contributed by atoms with van der Waals surface area (Å²) < 4.78 is 34.6. The van der Waals surface area contributed by atoms with Gasteiger partial charge in [-0.15, -0.1) is 0 Å². The van der Waals surface area contributed by atoms with Crippen LogP contribution in [0, 0.1) is 0 Å². The number of nitrogens with zero attached hydrogens (tertiary/aromatic N) is 2. The van der Waals surface area contributed by atoms with Gasteiger partial charge in [0.05, 0.1) is 17.5 Å². The largest absolute Gasteiger partial charge is 0.504 e. The Balaban J connectivity index is 1.97. The first-order chi connectivity index (χ1) is 15.7. The molecule has 0 spiro atoms. The number of aliphatic imine (C=N–C) groups is 1. The van der Waals surface area contributed by atoms with Gasteiger partial charge in [-0.2, -0.15) is 8.78 Å². The Kier molecular flexibility index (Phi) is 7.54. The van der Waals surface area contributed by atoms with Gasteiger partial charge < -0.3 is 20.3 Å². The van der Waals surface area contributed by atoms with E-state index in [1.807, 2.05) is 0 Å². The molecule has 174 valence electrons. The molecule has 1 aliphatic heterocycles. The van der Waals surface area contributed by atoms with E-state index in [0.29, 0.717) is 17.9 Å². The number of nitrogens with two attached hydrogens (primary N) is 1. The molecule has 0 unspecified atom stereocenters. The summed E-state index contributed by atoms with van der Waals surface area (Å²) in [5.74, 6) is -0.944. The first kappa shape index (κ1) is 24.1. The molecule has 1 aliphatic rings. The Hall–Kier alpha value is -3.60. The van der Waals surface area contributed by atoms with Crippen molar-refractivity contribution < 1.29 is 33.0 Å². The van der Waals surface area contributed by atoms with Gasteiger partial charge >= 0.3 is 6.61 Å². The summed E-state index contributed by atoms with van der Waals surface area (Å²) in [4.78, 5) is 30.4. The smallest absolute Gasteiger partial charge is 0.387 e. The van der Waals surface area contributed by atoms with Gasteiger partial charge in [-0.3, -0.25) is 14.5 Å². The van der Waals surface area contributed by atoms with Crippen molar-refractivity contribution in [3.63, 3.8) is 0 Å². The molecule has 0 saturated carbocycles. The van der Waals surface area contributed by atoms with Gasteiger partial charge in [0.1, 0.15) is 11.4 Å². The lowest BCUT2D eigenvalue weighted by Gasteiger charge is -2.19. The predicted octanol–water partition coefficient (Wildman–Crippen LogP) is 3.74. The van der Waals surface area contributed by atoms with Crippen molar-refractivity contribution in [2.45, 2.75) is 25.7 Å². The molecule has 8 nitrogen and oxygen atoms in total. The average molecular weight is 477 g/mol. The SMILES string of the molecule is CCOc1cc(/C=C2\N=C(S[C@H](C)C(N)=O)N(c3ccc(OC(F)F)cc3)C2=O)ccc1O. The normalized spacial score (nSPS) is 15.7. The van der Waals surface area contributed by atoms with Crippen LogP contribution in [0.2, 0.25) is 0 Å². The number of benzene rings is 2. The molecule has 2 aromatic rings. The van der Waals surface area contributed by atoms with Crippen LogP contribution < -0.4 is 20.1 Å². The number of phenolic OH excluding ortho intramolecular Hbond substituents is 1. The molecule has 0 aromatic heterocycles. The van der Waals surface area contributed by atoms with Crippen molar-refractivity contribution in [3.05, 3.63) is 53.7 Å². The fourth-order valence-corrected chi connectivity index (χ4v) is 3.72. The van der Waals surface area contributed by atoms with E-state index in [2.05, 4.69) is 9.73 Å². The summed E-state index contributed by atoms with van der Waals surface area (Å²) in [6.07, 6.45) is 1.51. The van der Waals surface area contributed by atoms with Crippen molar-refractivity contribution in [2.24, 2.45) is 10.7 Å². The second kappa shape index (κ2) is 10.3. The molecule has 3 N–H and O–H groups in total. The van der Waals surface area contributed by atoms with Crippen LogP contribution in [0.5, 0.6) is 17.2 Å². The average Bonchev–Trinajstić information content (AvgIpc) is 3.05. The number of phenols is 1. The van der Waals surface area contributed by atoms with Crippen molar-refractivity contribution in [1.82, 2.24) is 0 Å². The Morgan fingerprint density at radius 2 is 1.97 bits per heavy atom. The maximum absolute atomic E-state index is 13.2. The molecule has 0 saturated heterocycles. The van der Waals surface area contributed by atoms with E-state index < -0.39 is 23.7 Å². The van der Waals surface area contributed by atoms with Gasteiger partial charge in [-0.25, -0.2) is 4.99 Å². The molecule has 11 heteroatoms. The minimum absolute atomic E-state index is 0.0421. The lowest BCUT2D eigenvalue weighted by atomic mass is 10.1. The Morgan fingerprint density at radius 1 is 1.27 bits per heavy atom. The highest BCUT2D eigenvalue weighted by Gasteiger charge is 2.34. The van der Waals surface area contributed by atoms with Crippen LogP contribution in [-0.4, -0.2) is 40.6 Å². The third kappa shape index (κ3) is 5.80. The van der Waals surface area contributed by atoms with E-state index in [1.54, 1.807) is 26.0 Å². The van der Waals surface area contributed by atoms with Crippen molar-refractivity contribution >= 4 is 40.5 Å². The molecule has 0 fully saturated rings. The highest BCUT2D eigenvalue weighted by atomic mass is 32.2. The third-order valence-electron chi connectivity index (χ3n) is 4.42. The molecule has 2 amide bonds. The van der Waals surface area contributed by atoms with Gasteiger partial charge in [-0.05, 0) is 61.9 Å². The molecule has 33 heavy (non-hydrogen) atoms. The standard InChI is InChI=1S/C22H21F2N3O5S/c1-3-31-18-11-13(4-9-17(18)28)10-16-20(30)27(22(26-16)33-12(2)19(25)29)14-5-7-15(8-6-14)32-21(23)24/h4-12,21,28H,3H2,1-2H3,(H2,25,29)/b16-10-/t12-/m1/s1. The molecule has 1 atom stereocenters. The van der Waals surface area contributed by atoms with E-state index in [0.717, 1.165) is 11.8 Å². The van der Waals surface area contributed by atoms with Crippen molar-refractivity contribution in [1.29, 1.82) is 0 Å². The number of amides is 2. The lowest BCUT2D eigenvalue weighted by Crippen LogP contribution is -2.33. The van der Waals surface area contributed by atoms with Crippen LogP contribution in [0.1, 0.15) is 19.4 Å². The summed E-state index contributed by atoms with van der Waals surface area (Å²) in [7, 11) is 0. The summed E-state index contributed by atoms with van der Waals surface area (Å²) in [5.41, 5.74) is 6.32. The number of anilines is 1. The zero-order chi connectivity index (χ0) is 24.1. The lowest BCUT2D eigenvalue weighted by molar-refractivity contribution is -0.117. The molecule has 2 aromatic carbocycles. The van der Waals surface area contributed by atoms with E-state index >= 15 is 0 Å². The fraction of sp³-hybridized carbons (Fsp3) is 0.227. The van der Waals surface area contributed by atoms with Gasteiger partial charge in [0.15, 0.2) is 16.7 Å².